The summed E-state index contributed by atoms with van der Waals surface area (Å²) in [6, 6.07) is 8.57. The summed E-state index contributed by atoms with van der Waals surface area (Å²) < 4.78 is 10.9. The van der Waals surface area contributed by atoms with Crippen molar-refractivity contribution in [1.82, 2.24) is 20.5 Å². The molecule has 2 N–H and O–H groups in total. The smallest absolute Gasteiger partial charge is 0.191 e. The Bertz CT molecular complexity index is 793. The van der Waals surface area contributed by atoms with Crippen LogP contribution in [0, 0.1) is 0 Å². The number of benzene rings is 1. The summed E-state index contributed by atoms with van der Waals surface area (Å²) in [6.45, 7) is 7.13. The lowest BCUT2D eigenvalue weighted by Gasteiger charge is -2.35. The van der Waals surface area contributed by atoms with Crippen LogP contribution in [0.25, 0.3) is 0 Å². The number of thiazole rings is 1. The summed E-state index contributed by atoms with van der Waals surface area (Å²) in [7, 11) is 3.51. The zero-order valence-electron chi connectivity index (χ0n) is 18.6. The van der Waals surface area contributed by atoms with Crippen molar-refractivity contribution < 1.29 is 9.47 Å². The van der Waals surface area contributed by atoms with Crippen LogP contribution >= 0.6 is 35.3 Å². The molecule has 1 aromatic carbocycles. The van der Waals surface area contributed by atoms with Gasteiger partial charge in [-0.15, -0.1) is 35.3 Å². The Morgan fingerprint density at radius 1 is 1.26 bits per heavy atom. The van der Waals surface area contributed by atoms with E-state index >= 15 is 0 Å². The number of guanidine groups is 1. The molecule has 31 heavy (non-hydrogen) atoms. The van der Waals surface area contributed by atoms with Crippen molar-refractivity contribution in [2.24, 2.45) is 4.99 Å². The molecule has 0 aliphatic carbocycles. The second-order valence-electron chi connectivity index (χ2n) is 7.14. The summed E-state index contributed by atoms with van der Waals surface area (Å²) >= 11 is 1.79. The van der Waals surface area contributed by atoms with Crippen molar-refractivity contribution in [2.75, 3.05) is 53.6 Å². The number of hydrogen-bond acceptors (Lipinski definition) is 6. The van der Waals surface area contributed by atoms with E-state index in [0.717, 1.165) is 63.9 Å². The largest absolute Gasteiger partial charge is 0.497 e. The molecule has 3 rings (SSSR count). The molecular formula is C22H34IN5O2S. The van der Waals surface area contributed by atoms with Crippen LogP contribution in [0.1, 0.15) is 28.4 Å². The van der Waals surface area contributed by atoms with Crippen molar-refractivity contribution in [2.45, 2.75) is 25.8 Å². The van der Waals surface area contributed by atoms with E-state index in [1.807, 2.05) is 25.4 Å². The van der Waals surface area contributed by atoms with Gasteiger partial charge in [-0.2, -0.15) is 0 Å². The third-order valence-electron chi connectivity index (χ3n) is 5.25. The highest BCUT2D eigenvalue weighted by Crippen LogP contribution is 2.23. The van der Waals surface area contributed by atoms with E-state index < -0.39 is 0 Å². The number of ether oxygens (including phenoxy) is 2. The minimum atomic E-state index is 0. The summed E-state index contributed by atoms with van der Waals surface area (Å²) in [5.41, 5.74) is 1.26. The predicted molar refractivity (Wildman–Crippen MR) is 138 cm³/mol. The van der Waals surface area contributed by atoms with Crippen molar-refractivity contribution in [1.29, 1.82) is 0 Å². The third kappa shape index (κ3) is 7.89. The van der Waals surface area contributed by atoms with E-state index in [1.165, 1.54) is 15.4 Å². The van der Waals surface area contributed by atoms with E-state index in [1.54, 1.807) is 18.4 Å². The van der Waals surface area contributed by atoms with E-state index in [4.69, 9.17) is 9.47 Å². The van der Waals surface area contributed by atoms with Crippen LogP contribution in [0.3, 0.4) is 0 Å². The fourth-order valence-electron chi connectivity index (χ4n) is 3.50. The molecular weight excluding hydrogens is 525 g/mol. The summed E-state index contributed by atoms with van der Waals surface area (Å²) in [5, 5.41) is 8.09. The van der Waals surface area contributed by atoms with Crippen molar-refractivity contribution in [3.63, 3.8) is 0 Å². The Labute approximate surface area is 206 Å². The van der Waals surface area contributed by atoms with Gasteiger partial charge >= 0.3 is 0 Å². The first-order valence-corrected chi connectivity index (χ1v) is 11.4. The minimum absolute atomic E-state index is 0. The zero-order chi connectivity index (χ0) is 21.2. The van der Waals surface area contributed by atoms with Gasteiger partial charge in [0.2, 0.25) is 0 Å². The van der Waals surface area contributed by atoms with Crippen LogP contribution in [0.2, 0.25) is 0 Å². The topological polar surface area (TPSA) is 71.0 Å². The molecule has 0 spiro atoms. The molecule has 1 aliphatic heterocycles. The van der Waals surface area contributed by atoms with Gasteiger partial charge in [0, 0.05) is 50.7 Å². The second kappa shape index (κ2) is 13.9. The number of hydrogen-bond donors (Lipinski definition) is 2. The molecule has 172 valence electrons. The molecule has 0 saturated carbocycles. The van der Waals surface area contributed by atoms with Gasteiger partial charge in [-0.05, 0) is 24.1 Å². The van der Waals surface area contributed by atoms with E-state index in [-0.39, 0.29) is 30.0 Å². The molecule has 9 heteroatoms. The maximum absolute atomic E-state index is 5.55. The van der Waals surface area contributed by atoms with E-state index in [9.17, 15) is 0 Å². The SMILES string of the molecule is CCc1cnc(CCNC(=NC)NCC(c2ccc(OC)cc2)N2CCOCC2)s1.I. The first-order valence-electron chi connectivity index (χ1n) is 10.6. The lowest BCUT2D eigenvalue weighted by molar-refractivity contribution is 0.0170. The Kier molecular flexibility index (Phi) is 11.6. The van der Waals surface area contributed by atoms with Gasteiger partial charge in [0.15, 0.2) is 5.96 Å². The average molecular weight is 560 g/mol. The predicted octanol–water partition coefficient (Wildman–Crippen LogP) is 3.11. The molecule has 1 unspecified atom stereocenters. The maximum Gasteiger partial charge on any atom is 0.191 e. The number of aromatic nitrogens is 1. The Hall–Kier alpha value is -1.43. The monoisotopic (exact) mass is 559 g/mol. The molecule has 0 radical (unpaired) electrons. The molecule has 0 bridgehead atoms. The van der Waals surface area contributed by atoms with Crippen molar-refractivity contribution in [3.8, 4) is 5.75 Å². The maximum atomic E-state index is 5.55. The quantitative estimate of drug-likeness (QED) is 0.280. The summed E-state index contributed by atoms with van der Waals surface area (Å²) in [5.74, 6) is 1.69. The number of aryl methyl sites for hydroxylation is 1. The summed E-state index contributed by atoms with van der Waals surface area (Å²) in [4.78, 5) is 12.7. The number of halogens is 1. The van der Waals surface area contributed by atoms with Gasteiger partial charge in [0.1, 0.15) is 5.75 Å². The Morgan fingerprint density at radius 3 is 2.61 bits per heavy atom. The van der Waals surface area contributed by atoms with Crippen LogP contribution in [0.5, 0.6) is 5.75 Å². The molecule has 7 nitrogen and oxygen atoms in total. The standard InChI is InChI=1S/C22H33N5O2S.HI/c1-4-19-15-25-21(30-19)9-10-24-22(23-2)26-16-20(27-11-13-29-14-12-27)17-5-7-18(28-3)8-6-17;/h5-8,15,20H,4,9-14,16H2,1-3H3,(H2,23,24,26);1H. The number of rotatable bonds is 9. The highest BCUT2D eigenvalue weighted by molar-refractivity contribution is 14.0. The number of aliphatic imine (C=N–C) groups is 1. The molecule has 1 aromatic heterocycles. The zero-order valence-corrected chi connectivity index (χ0v) is 21.7. The van der Waals surface area contributed by atoms with Gasteiger partial charge in [-0.25, -0.2) is 4.98 Å². The van der Waals surface area contributed by atoms with Gasteiger partial charge in [-0.3, -0.25) is 9.89 Å². The lowest BCUT2D eigenvalue weighted by Crippen LogP contribution is -2.46. The normalized spacial score (nSPS) is 15.8. The lowest BCUT2D eigenvalue weighted by atomic mass is 10.0. The number of nitrogens with zero attached hydrogens (tertiary/aromatic N) is 3. The summed E-state index contributed by atoms with van der Waals surface area (Å²) in [6.07, 6.45) is 3.92. The van der Waals surface area contributed by atoms with Crippen LogP contribution in [0.15, 0.2) is 35.5 Å². The van der Waals surface area contributed by atoms with Crippen LogP contribution in [0.4, 0.5) is 0 Å². The van der Waals surface area contributed by atoms with E-state index in [0.29, 0.717) is 0 Å². The first kappa shape index (κ1) is 25.8. The Balaban J connectivity index is 0.00000341. The van der Waals surface area contributed by atoms with Gasteiger partial charge in [0.25, 0.3) is 0 Å². The first-order chi connectivity index (χ1) is 14.7. The van der Waals surface area contributed by atoms with Crippen molar-refractivity contribution >= 4 is 41.3 Å². The van der Waals surface area contributed by atoms with Crippen LogP contribution < -0.4 is 15.4 Å². The molecule has 2 aromatic rings. The average Bonchev–Trinajstić information content (AvgIpc) is 3.27. The molecule has 1 fully saturated rings. The van der Waals surface area contributed by atoms with E-state index in [2.05, 4.69) is 44.6 Å². The molecule has 1 atom stereocenters. The fourth-order valence-corrected chi connectivity index (χ4v) is 4.36. The molecule has 1 saturated heterocycles. The third-order valence-corrected chi connectivity index (χ3v) is 6.46. The number of nitrogens with one attached hydrogen (secondary N) is 2. The number of morpholine rings is 1. The van der Waals surface area contributed by atoms with Crippen LogP contribution in [-0.4, -0.2) is 69.4 Å². The molecule has 0 amide bonds. The highest BCUT2D eigenvalue weighted by atomic mass is 127. The van der Waals surface area contributed by atoms with Gasteiger partial charge in [-0.1, -0.05) is 19.1 Å². The number of methoxy groups -OCH3 is 1. The minimum Gasteiger partial charge on any atom is -0.497 e. The van der Waals surface area contributed by atoms with Gasteiger partial charge in [0.05, 0.1) is 31.4 Å². The molecule has 2 heterocycles. The second-order valence-corrected chi connectivity index (χ2v) is 8.34. The highest BCUT2D eigenvalue weighted by Gasteiger charge is 2.23. The van der Waals surface area contributed by atoms with Crippen molar-refractivity contribution in [3.05, 3.63) is 45.9 Å². The Morgan fingerprint density at radius 2 is 2.00 bits per heavy atom. The van der Waals surface area contributed by atoms with Crippen LogP contribution in [-0.2, 0) is 17.6 Å². The van der Waals surface area contributed by atoms with Gasteiger partial charge < -0.3 is 20.1 Å². The fraction of sp³-hybridized carbons (Fsp3) is 0.545. The molecule has 1 aliphatic rings.